The summed E-state index contributed by atoms with van der Waals surface area (Å²) in [5.74, 6) is -2.16. The first-order chi connectivity index (χ1) is 10.3. The lowest BCUT2D eigenvalue weighted by Crippen LogP contribution is -2.51. The highest BCUT2D eigenvalue weighted by Crippen LogP contribution is 2.37. The van der Waals surface area contributed by atoms with E-state index in [0.717, 1.165) is 10.6 Å². The molecule has 0 saturated carbocycles. The molecule has 0 amide bonds. The van der Waals surface area contributed by atoms with Crippen molar-refractivity contribution in [2.45, 2.75) is 24.6 Å². The van der Waals surface area contributed by atoms with Crippen LogP contribution in [0.25, 0.3) is 0 Å². The van der Waals surface area contributed by atoms with Gasteiger partial charge in [0.2, 0.25) is 0 Å². The minimum Gasteiger partial charge on any atom is -0.361 e. The molecule has 0 N–H and O–H groups in total. The summed E-state index contributed by atoms with van der Waals surface area (Å²) in [5.41, 5.74) is 0.851. The van der Waals surface area contributed by atoms with Crippen LogP contribution in [0.3, 0.4) is 0 Å². The van der Waals surface area contributed by atoms with Gasteiger partial charge in [0.15, 0.2) is 0 Å². The summed E-state index contributed by atoms with van der Waals surface area (Å²) in [7, 11) is 3.90. The van der Waals surface area contributed by atoms with E-state index in [-0.39, 0.29) is 18.6 Å². The highest BCUT2D eigenvalue weighted by Gasteiger charge is 2.44. The van der Waals surface area contributed by atoms with Gasteiger partial charge in [-0.25, -0.2) is 4.79 Å². The van der Waals surface area contributed by atoms with Crippen molar-refractivity contribution < 1.29 is 22.8 Å². The van der Waals surface area contributed by atoms with E-state index in [0.29, 0.717) is 12.8 Å². The lowest BCUT2D eigenvalue weighted by molar-refractivity contribution is -0.244. The van der Waals surface area contributed by atoms with Crippen LogP contribution < -0.4 is 0 Å². The summed E-state index contributed by atoms with van der Waals surface area (Å²) < 4.78 is 36.7. The predicted molar refractivity (Wildman–Crippen MR) is 74.8 cm³/mol. The average Bonchev–Trinajstić information content (AvgIpc) is 2.48. The number of halogens is 3. The predicted octanol–water partition coefficient (Wildman–Crippen LogP) is 2.56. The Morgan fingerprint density at radius 1 is 1.18 bits per heavy atom. The molecule has 4 nitrogen and oxygen atoms in total. The number of piperidine rings is 1. The van der Waals surface area contributed by atoms with Gasteiger partial charge in [0.25, 0.3) is 0 Å². The quantitative estimate of drug-likeness (QED) is 0.858. The smallest absolute Gasteiger partial charge is 0.361 e. The molecule has 1 heterocycles. The average molecular weight is 316 g/mol. The van der Waals surface area contributed by atoms with Gasteiger partial charge in [0.05, 0.1) is 0 Å². The van der Waals surface area contributed by atoms with Gasteiger partial charge in [-0.15, -0.1) is 5.06 Å². The Labute approximate surface area is 127 Å². The van der Waals surface area contributed by atoms with Crippen LogP contribution in [0.2, 0.25) is 0 Å². The summed E-state index contributed by atoms with van der Waals surface area (Å²) in [5, 5.41) is 1.10. The van der Waals surface area contributed by atoms with Crippen molar-refractivity contribution in [3.8, 4) is 0 Å². The first-order valence-corrected chi connectivity index (χ1v) is 7.03. The van der Waals surface area contributed by atoms with E-state index < -0.39 is 12.1 Å². The zero-order chi connectivity index (χ0) is 16.4. The first-order valence-electron chi connectivity index (χ1n) is 7.03. The monoisotopic (exact) mass is 316 g/mol. The van der Waals surface area contributed by atoms with Gasteiger partial charge in [0.1, 0.15) is 0 Å². The fraction of sp³-hybridized carbons (Fsp3) is 0.533. The second-order valence-electron chi connectivity index (χ2n) is 5.60. The summed E-state index contributed by atoms with van der Waals surface area (Å²) in [4.78, 5) is 17.4. The Bertz CT molecular complexity index is 509. The highest BCUT2D eigenvalue weighted by molar-refractivity contribution is 5.75. The number of rotatable bonds is 3. The second-order valence-corrected chi connectivity index (χ2v) is 5.60. The molecule has 0 spiro atoms. The van der Waals surface area contributed by atoms with Crippen molar-refractivity contribution in [2.24, 2.45) is 0 Å². The van der Waals surface area contributed by atoms with Crippen LogP contribution in [-0.4, -0.2) is 49.3 Å². The van der Waals surface area contributed by atoms with E-state index in [1.165, 1.54) is 0 Å². The third-order valence-corrected chi connectivity index (χ3v) is 4.16. The fourth-order valence-electron chi connectivity index (χ4n) is 2.86. The van der Waals surface area contributed by atoms with Gasteiger partial charge in [-0.1, -0.05) is 30.3 Å². The molecule has 1 aromatic rings. The molecule has 122 valence electrons. The summed E-state index contributed by atoms with van der Waals surface area (Å²) in [6.07, 6.45) is -3.81. The van der Waals surface area contributed by atoms with Crippen molar-refractivity contribution in [1.29, 1.82) is 0 Å². The van der Waals surface area contributed by atoms with Gasteiger partial charge in [-0.3, -0.25) is 4.90 Å². The molecule has 0 bridgehead atoms. The van der Waals surface area contributed by atoms with E-state index in [1.807, 2.05) is 44.4 Å². The Hall–Kier alpha value is -1.60. The van der Waals surface area contributed by atoms with Crippen molar-refractivity contribution in [3.05, 3.63) is 35.9 Å². The third kappa shape index (κ3) is 3.41. The molecular formula is C15H19F3N2O2. The van der Waals surface area contributed by atoms with Crippen LogP contribution in [0.5, 0.6) is 0 Å². The largest absolute Gasteiger partial charge is 0.492 e. The second kappa shape index (κ2) is 6.26. The maximum Gasteiger partial charge on any atom is 0.492 e. The topological polar surface area (TPSA) is 32.8 Å². The van der Waals surface area contributed by atoms with Gasteiger partial charge < -0.3 is 4.84 Å². The highest BCUT2D eigenvalue weighted by atomic mass is 19.4. The molecule has 0 unspecified atom stereocenters. The SMILES string of the molecule is CN(C)C1(c2ccccc2)CCN(OC(=O)C(F)(F)F)CC1. The number of nitrogens with zero attached hydrogens (tertiary/aromatic N) is 2. The molecule has 7 heteroatoms. The van der Waals surface area contributed by atoms with Crippen LogP contribution >= 0.6 is 0 Å². The number of carbonyl (C=O) groups excluding carboxylic acids is 1. The van der Waals surface area contributed by atoms with E-state index in [9.17, 15) is 18.0 Å². The van der Waals surface area contributed by atoms with Gasteiger partial charge in [-0.2, -0.15) is 13.2 Å². The van der Waals surface area contributed by atoms with Gasteiger partial charge in [-0.05, 0) is 32.5 Å². The number of benzene rings is 1. The molecule has 1 aliphatic rings. The van der Waals surface area contributed by atoms with E-state index in [4.69, 9.17) is 0 Å². The molecule has 1 aromatic carbocycles. The zero-order valence-electron chi connectivity index (χ0n) is 12.6. The number of hydrogen-bond acceptors (Lipinski definition) is 4. The normalized spacial score (nSPS) is 19.2. The summed E-state index contributed by atoms with van der Waals surface area (Å²) >= 11 is 0. The van der Waals surface area contributed by atoms with Crippen LogP contribution in [0.4, 0.5) is 13.2 Å². The number of carbonyl (C=O) groups is 1. The maximum atomic E-state index is 12.2. The third-order valence-electron chi connectivity index (χ3n) is 4.16. The van der Waals surface area contributed by atoms with Crippen molar-refractivity contribution in [1.82, 2.24) is 9.96 Å². The summed E-state index contributed by atoms with van der Waals surface area (Å²) in [6.45, 7) is 0.518. The first kappa shape index (κ1) is 16.8. The van der Waals surface area contributed by atoms with Crippen molar-refractivity contribution >= 4 is 5.97 Å². The molecule has 0 aromatic heterocycles. The fourth-order valence-corrected chi connectivity index (χ4v) is 2.86. The maximum absolute atomic E-state index is 12.2. The number of hydrogen-bond donors (Lipinski definition) is 0. The van der Waals surface area contributed by atoms with E-state index in [1.54, 1.807) is 0 Å². The van der Waals surface area contributed by atoms with Crippen molar-refractivity contribution in [2.75, 3.05) is 27.2 Å². The minimum absolute atomic E-state index is 0.259. The van der Waals surface area contributed by atoms with Crippen molar-refractivity contribution in [3.63, 3.8) is 0 Å². The molecular weight excluding hydrogens is 297 g/mol. The van der Waals surface area contributed by atoms with E-state index in [2.05, 4.69) is 9.74 Å². The zero-order valence-corrected chi connectivity index (χ0v) is 12.6. The Kier molecular flexibility index (Phi) is 4.77. The molecule has 1 aliphatic heterocycles. The number of hydroxylamine groups is 2. The molecule has 1 fully saturated rings. The summed E-state index contributed by atoms with van der Waals surface area (Å²) in [6, 6.07) is 9.83. The Morgan fingerprint density at radius 3 is 2.18 bits per heavy atom. The lowest BCUT2D eigenvalue weighted by atomic mass is 9.80. The number of alkyl halides is 3. The Balaban J connectivity index is 2.07. The molecule has 1 saturated heterocycles. The molecule has 0 radical (unpaired) electrons. The van der Waals surface area contributed by atoms with Gasteiger partial charge in [0, 0.05) is 18.6 Å². The lowest BCUT2D eigenvalue weighted by Gasteiger charge is -2.45. The van der Waals surface area contributed by atoms with Crippen LogP contribution in [-0.2, 0) is 15.2 Å². The molecule has 2 rings (SSSR count). The molecule has 0 atom stereocenters. The Morgan fingerprint density at radius 2 is 1.73 bits per heavy atom. The van der Waals surface area contributed by atoms with Crippen LogP contribution in [0, 0.1) is 0 Å². The van der Waals surface area contributed by atoms with Crippen LogP contribution in [0.1, 0.15) is 18.4 Å². The standard InChI is InChI=1S/C15H19F3N2O2/c1-19(2)14(12-6-4-3-5-7-12)8-10-20(11-9-14)22-13(21)15(16,17)18/h3-7H,8-11H2,1-2H3. The van der Waals surface area contributed by atoms with E-state index >= 15 is 0 Å². The van der Waals surface area contributed by atoms with Gasteiger partial charge >= 0.3 is 12.1 Å². The molecule has 22 heavy (non-hydrogen) atoms. The molecule has 0 aliphatic carbocycles. The van der Waals surface area contributed by atoms with Crippen LogP contribution in [0.15, 0.2) is 30.3 Å². The minimum atomic E-state index is -4.96.